The number of rotatable bonds is 8. The lowest BCUT2D eigenvalue weighted by molar-refractivity contribution is 0.248. The van der Waals surface area contributed by atoms with Gasteiger partial charge in [0.1, 0.15) is 11.9 Å². The van der Waals surface area contributed by atoms with Gasteiger partial charge in [-0.05, 0) is 54.1 Å². The molecule has 0 aliphatic heterocycles. The molecule has 0 bridgehead atoms. The van der Waals surface area contributed by atoms with E-state index in [9.17, 15) is 14.9 Å². The summed E-state index contributed by atoms with van der Waals surface area (Å²) in [7, 11) is 3.53. The van der Waals surface area contributed by atoms with Crippen molar-refractivity contribution < 1.29 is 4.79 Å². The van der Waals surface area contributed by atoms with E-state index >= 15 is 0 Å². The molecule has 0 aliphatic rings. The number of hydrogen-bond donors (Lipinski definition) is 3. The third-order valence-corrected chi connectivity index (χ3v) is 7.97. The van der Waals surface area contributed by atoms with Gasteiger partial charge in [0.15, 0.2) is 0 Å². The number of aromatic nitrogens is 7. The SMILES string of the molecule is Cn1cc(-c2ccc(N(C(=O)NCc3ccccc3)c3ccc(Nc4ncc(C#N)c(-c5ccc6[nH]c(=O)n(C)c6c5)n4)cc3)nc2)cn1. The fraction of sp³-hybridized carbons (Fsp3) is 0.0833. The van der Waals surface area contributed by atoms with Gasteiger partial charge in [-0.2, -0.15) is 10.4 Å². The van der Waals surface area contributed by atoms with E-state index in [1.54, 1.807) is 66.6 Å². The number of imidazole rings is 1. The first-order chi connectivity index (χ1) is 23.9. The maximum atomic E-state index is 13.7. The maximum absolute atomic E-state index is 13.7. The van der Waals surface area contributed by atoms with Crippen LogP contribution in [-0.2, 0) is 20.6 Å². The number of aryl methyl sites for hydroxylation is 2. The highest BCUT2D eigenvalue weighted by Gasteiger charge is 2.20. The molecular weight excluding hydrogens is 618 g/mol. The van der Waals surface area contributed by atoms with Gasteiger partial charge in [-0.25, -0.2) is 29.4 Å². The molecule has 3 aromatic carbocycles. The number of hydrogen-bond acceptors (Lipinski definition) is 8. The molecule has 0 saturated heterocycles. The lowest BCUT2D eigenvalue weighted by Crippen LogP contribution is -2.37. The van der Waals surface area contributed by atoms with Gasteiger partial charge < -0.3 is 15.6 Å². The Morgan fingerprint density at radius 2 is 1.71 bits per heavy atom. The second-order valence-corrected chi connectivity index (χ2v) is 11.2. The van der Waals surface area contributed by atoms with Crippen molar-refractivity contribution in [2.75, 3.05) is 10.2 Å². The Morgan fingerprint density at radius 1 is 0.918 bits per heavy atom. The summed E-state index contributed by atoms with van der Waals surface area (Å²) in [5.41, 5.74) is 6.53. The monoisotopic (exact) mass is 647 g/mol. The molecule has 13 nitrogen and oxygen atoms in total. The Labute approximate surface area is 280 Å². The van der Waals surface area contributed by atoms with Crippen molar-refractivity contribution in [3.63, 3.8) is 0 Å². The Kier molecular flexibility index (Phi) is 8.09. The molecule has 49 heavy (non-hydrogen) atoms. The minimum atomic E-state index is -0.344. The highest BCUT2D eigenvalue weighted by atomic mass is 16.2. The largest absolute Gasteiger partial charge is 0.333 e. The minimum absolute atomic E-state index is 0.231. The summed E-state index contributed by atoms with van der Waals surface area (Å²) in [6, 6.07) is 27.8. The smallest absolute Gasteiger partial charge is 0.327 e. The first kappa shape index (κ1) is 30.6. The van der Waals surface area contributed by atoms with Crippen LogP contribution in [0.3, 0.4) is 0 Å². The van der Waals surface area contributed by atoms with Gasteiger partial charge in [0.25, 0.3) is 0 Å². The Balaban J connectivity index is 1.16. The van der Waals surface area contributed by atoms with Crippen molar-refractivity contribution in [3.8, 4) is 28.5 Å². The van der Waals surface area contributed by atoms with Gasteiger partial charge in [0, 0.05) is 55.4 Å². The van der Waals surface area contributed by atoms with E-state index in [1.165, 1.54) is 15.7 Å². The summed E-state index contributed by atoms with van der Waals surface area (Å²) in [5.74, 6) is 0.714. The predicted octanol–water partition coefficient (Wildman–Crippen LogP) is 5.78. The second-order valence-electron chi connectivity index (χ2n) is 11.2. The molecule has 0 unspecified atom stereocenters. The third kappa shape index (κ3) is 6.34. The molecule has 0 fully saturated rings. The topological polar surface area (TPSA) is 162 Å². The second kappa shape index (κ2) is 13.0. The fourth-order valence-corrected chi connectivity index (χ4v) is 5.40. The zero-order valence-corrected chi connectivity index (χ0v) is 26.5. The van der Waals surface area contributed by atoms with E-state index in [1.807, 2.05) is 55.7 Å². The average Bonchev–Trinajstić information content (AvgIpc) is 3.70. The molecule has 4 heterocycles. The molecule has 0 atom stereocenters. The number of nitrogens with one attached hydrogen (secondary N) is 3. The normalized spacial score (nSPS) is 10.9. The lowest BCUT2D eigenvalue weighted by atomic mass is 10.1. The number of aromatic amines is 1. The van der Waals surface area contributed by atoms with Crippen LogP contribution in [0.2, 0.25) is 0 Å². The number of pyridine rings is 1. The van der Waals surface area contributed by atoms with Crippen LogP contribution < -0.4 is 21.2 Å². The van der Waals surface area contributed by atoms with E-state index in [-0.39, 0.29) is 17.7 Å². The van der Waals surface area contributed by atoms with Crippen molar-refractivity contribution in [2.45, 2.75) is 6.54 Å². The standard InChI is InChI=1S/C36H29N11O2/c1-45-22-27(21-41-45)25-9-15-32(38-19-25)47(35(48)40-18-23-6-4-3-5-7-23)29-12-10-28(11-13-29)42-34-39-20-26(17-37)33(44-34)24-8-14-30-31(16-24)46(2)36(49)43-30/h3-16,19-22H,18H2,1-2H3,(H,40,48)(H,43,49)(H,39,42,44). The number of nitriles is 1. The molecule has 7 aromatic rings. The Hall–Kier alpha value is -7.07. The molecule has 0 spiro atoms. The van der Waals surface area contributed by atoms with E-state index in [0.29, 0.717) is 51.6 Å². The molecular formula is C36H29N11O2. The molecule has 13 heteroatoms. The van der Waals surface area contributed by atoms with E-state index in [0.717, 1.165) is 16.7 Å². The molecule has 0 radical (unpaired) electrons. The van der Waals surface area contributed by atoms with Crippen LogP contribution in [0.15, 0.2) is 115 Å². The van der Waals surface area contributed by atoms with Crippen LogP contribution in [-0.4, -0.2) is 40.3 Å². The predicted molar refractivity (Wildman–Crippen MR) is 186 cm³/mol. The summed E-state index contributed by atoms with van der Waals surface area (Å²) in [6.45, 7) is 0.343. The number of anilines is 4. The summed E-state index contributed by atoms with van der Waals surface area (Å²) in [4.78, 5) is 43.7. The maximum Gasteiger partial charge on any atom is 0.327 e. The summed E-state index contributed by atoms with van der Waals surface area (Å²) in [5, 5.41) is 20.2. The summed E-state index contributed by atoms with van der Waals surface area (Å²) in [6.07, 6.45) is 6.83. The van der Waals surface area contributed by atoms with Crippen molar-refractivity contribution in [1.82, 2.24) is 39.6 Å². The Bertz CT molecular complexity index is 2390. The number of fused-ring (bicyclic) bond motifs is 1. The van der Waals surface area contributed by atoms with Crippen LogP contribution in [0.25, 0.3) is 33.4 Å². The van der Waals surface area contributed by atoms with Gasteiger partial charge in [0.2, 0.25) is 5.95 Å². The van der Waals surface area contributed by atoms with Crippen molar-refractivity contribution in [1.29, 1.82) is 5.26 Å². The van der Waals surface area contributed by atoms with Crippen LogP contribution in [0.4, 0.5) is 27.9 Å². The highest BCUT2D eigenvalue weighted by Crippen LogP contribution is 2.29. The molecule has 4 aromatic heterocycles. The summed E-state index contributed by atoms with van der Waals surface area (Å²) < 4.78 is 3.22. The van der Waals surface area contributed by atoms with Crippen molar-refractivity contribution >= 4 is 40.2 Å². The van der Waals surface area contributed by atoms with Gasteiger partial charge in [-0.15, -0.1) is 0 Å². The quantitative estimate of drug-likeness (QED) is 0.187. The molecule has 0 aliphatic carbocycles. The molecule has 7 rings (SSSR count). The van der Waals surface area contributed by atoms with Crippen LogP contribution in [0.5, 0.6) is 0 Å². The minimum Gasteiger partial charge on any atom is -0.333 e. The number of carbonyl (C=O) groups is 1. The zero-order valence-electron chi connectivity index (χ0n) is 26.5. The number of nitrogens with zero attached hydrogens (tertiary/aromatic N) is 8. The number of benzene rings is 3. The first-order valence-electron chi connectivity index (χ1n) is 15.3. The molecule has 2 amide bonds. The lowest BCUT2D eigenvalue weighted by Gasteiger charge is -2.23. The van der Waals surface area contributed by atoms with Crippen LogP contribution >= 0.6 is 0 Å². The highest BCUT2D eigenvalue weighted by molar-refractivity contribution is 5.98. The number of H-pyrrole nitrogens is 1. The fourth-order valence-electron chi connectivity index (χ4n) is 5.40. The molecule has 240 valence electrons. The molecule has 3 N–H and O–H groups in total. The number of urea groups is 1. The van der Waals surface area contributed by atoms with Crippen molar-refractivity contribution in [3.05, 3.63) is 131 Å². The van der Waals surface area contributed by atoms with Gasteiger partial charge in [0.05, 0.1) is 40.4 Å². The number of carbonyl (C=O) groups excluding carboxylic acids is 1. The van der Waals surface area contributed by atoms with Gasteiger partial charge in [-0.3, -0.25) is 9.25 Å². The van der Waals surface area contributed by atoms with Gasteiger partial charge >= 0.3 is 11.7 Å². The average molecular weight is 648 g/mol. The molecule has 0 saturated carbocycles. The Morgan fingerprint density at radius 3 is 2.43 bits per heavy atom. The number of amides is 2. The van der Waals surface area contributed by atoms with Crippen LogP contribution in [0.1, 0.15) is 11.1 Å². The van der Waals surface area contributed by atoms with Crippen molar-refractivity contribution in [2.24, 2.45) is 14.1 Å². The first-order valence-corrected chi connectivity index (χ1v) is 15.3. The zero-order chi connectivity index (χ0) is 33.9. The van der Waals surface area contributed by atoms with E-state index < -0.39 is 0 Å². The van der Waals surface area contributed by atoms with Crippen LogP contribution in [0, 0.1) is 11.3 Å². The van der Waals surface area contributed by atoms with Gasteiger partial charge in [-0.1, -0.05) is 36.4 Å². The van der Waals surface area contributed by atoms with E-state index in [4.69, 9.17) is 0 Å². The third-order valence-electron chi connectivity index (χ3n) is 7.97. The summed E-state index contributed by atoms with van der Waals surface area (Å²) >= 11 is 0. The van der Waals surface area contributed by atoms with E-state index in [2.05, 4.69) is 41.7 Å².